The van der Waals surface area contributed by atoms with Gasteiger partial charge in [0.25, 0.3) is 0 Å². The highest BCUT2D eigenvalue weighted by atomic mass is 15.2. The average molecular weight is 238 g/mol. The van der Waals surface area contributed by atoms with Crippen LogP contribution < -0.4 is 11.3 Å². The van der Waals surface area contributed by atoms with E-state index in [1.807, 2.05) is 6.07 Å². The fraction of sp³-hybridized carbons (Fsp3) is 0.250. The van der Waals surface area contributed by atoms with Crippen LogP contribution in [-0.2, 0) is 12.8 Å². The van der Waals surface area contributed by atoms with Gasteiger partial charge in [0, 0.05) is 6.04 Å². The van der Waals surface area contributed by atoms with E-state index in [9.17, 15) is 0 Å². The Hall–Kier alpha value is -1.64. The van der Waals surface area contributed by atoms with Gasteiger partial charge in [0.15, 0.2) is 0 Å². The summed E-state index contributed by atoms with van der Waals surface area (Å²) in [7, 11) is 0. The predicted octanol–water partition coefficient (Wildman–Crippen LogP) is 2.61. The van der Waals surface area contributed by atoms with Crippen molar-refractivity contribution in [2.75, 3.05) is 0 Å². The van der Waals surface area contributed by atoms with E-state index in [1.165, 1.54) is 16.7 Å². The van der Waals surface area contributed by atoms with Crippen molar-refractivity contribution in [2.24, 2.45) is 11.8 Å². The Balaban J connectivity index is 1.84. The van der Waals surface area contributed by atoms with E-state index in [0.717, 1.165) is 12.8 Å². The van der Waals surface area contributed by atoms with E-state index >= 15 is 0 Å². The highest BCUT2D eigenvalue weighted by Crippen LogP contribution is 2.34. The van der Waals surface area contributed by atoms with Gasteiger partial charge < -0.3 is 0 Å². The molecule has 1 unspecified atom stereocenters. The molecule has 2 aromatic rings. The van der Waals surface area contributed by atoms with Crippen molar-refractivity contribution in [2.45, 2.75) is 18.9 Å². The maximum absolute atomic E-state index is 5.77. The van der Waals surface area contributed by atoms with Crippen molar-refractivity contribution in [3.63, 3.8) is 0 Å². The van der Waals surface area contributed by atoms with Gasteiger partial charge in [-0.1, -0.05) is 54.6 Å². The number of hydrogen-bond donors (Lipinski definition) is 2. The molecule has 0 saturated carbocycles. The second-order valence-corrected chi connectivity index (χ2v) is 4.99. The molecule has 2 heteroatoms. The highest BCUT2D eigenvalue weighted by molar-refractivity contribution is 5.34. The second-order valence-electron chi connectivity index (χ2n) is 4.99. The normalized spacial score (nSPS) is 16.5. The number of nitrogens with two attached hydrogens (primary N) is 1. The fourth-order valence-corrected chi connectivity index (χ4v) is 2.99. The van der Waals surface area contributed by atoms with Crippen molar-refractivity contribution >= 4 is 0 Å². The molecule has 2 aromatic carbocycles. The van der Waals surface area contributed by atoms with E-state index < -0.39 is 0 Å². The Morgan fingerprint density at radius 2 is 1.44 bits per heavy atom. The van der Waals surface area contributed by atoms with Gasteiger partial charge in [0.1, 0.15) is 0 Å². The zero-order valence-corrected chi connectivity index (χ0v) is 10.3. The quantitative estimate of drug-likeness (QED) is 0.637. The van der Waals surface area contributed by atoms with Crippen LogP contribution in [0.1, 0.15) is 22.7 Å². The molecular weight excluding hydrogens is 220 g/mol. The van der Waals surface area contributed by atoms with Crippen LogP contribution in [0, 0.1) is 5.92 Å². The summed E-state index contributed by atoms with van der Waals surface area (Å²) < 4.78 is 0. The van der Waals surface area contributed by atoms with Crippen LogP contribution in [-0.4, -0.2) is 0 Å². The Kier molecular flexibility index (Phi) is 3.13. The SMILES string of the molecule is NNC(c1ccccc1)C1Cc2ccccc2C1. The largest absolute Gasteiger partial charge is 0.271 e. The van der Waals surface area contributed by atoms with Gasteiger partial charge in [-0.3, -0.25) is 11.3 Å². The van der Waals surface area contributed by atoms with Crippen LogP contribution in [0.2, 0.25) is 0 Å². The van der Waals surface area contributed by atoms with E-state index in [0.29, 0.717) is 5.92 Å². The summed E-state index contributed by atoms with van der Waals surface area (Å²) in [4.78, 5) is 0. The molecule has 0 amide bonds. The first kappa shape index (κ1) is 11.5. The number of fused-ring (bicyclic) bond motifs is 1. The number of rotatable bonds is 3. The number of nitrogens with one attached hydrogen (secondary N) is 1. The van der Waals surface area contributed by atoms with Gasteiger partial charge >= 0.3 is 0 Å². The van der Waals surface area contributed by atoms with Crippen LogP contribution >= 0.6 is 0 Å². The number of hydrazine groups is 1. The van der Waals surface area contributed by atoms with Crippen LogP contribution in [0.4, 0.5) is 0 Å². The molecule has 0 radical (unpaired) electrons. The zero-order chi connectivity index (χ0) is 12.4. The van der Waals surface area contributed by atoms with Crippen molar-refractivity contribution in [3.05, 3.63) is 71.3 Å². The minimum absolute atomic E-state index is 0.235. The van der Waals surface area contributed by atoms with Gasteiger partial charge in [-0.15, -0.1) is 0 Å². The molecule has 2 nitrogen and oxygen atoms in total. The molecule has 92 valence electrons. The summed E-state index contributed by atoms with van der Waals surface area (Å²) in [6, 6.07) is 19.4. The summed E-state index contributed by atoms with van der Waals surface area (Å²) in [5.41, 5.74) is 7.21. The predicted molar refractivity (Wildman–Crippen MR) is 73.8 cm³/mol. The van der Waals surface area contributed by atoms with Gasteiger partial charge in [-0.2, -0.15) is 0 Å². The molecule has 1 aliphatic carbocycles. The fourth-order valence-electron chi connectivity index (χ4n) is 2.99. The standard InChI is InChI=1S/C16H18N2/c17-18-16(12-6-2-1-3-7-12)15-10-13-8-4-5-9-14(13)11-15/h1-9,15-16,18H,10-11,17H2. The number of benzene rings is 2. The van der Waals surface area contributed by atoms with Gasteiger partial charge in [-0.25, -0.2) is 0 Å². The molecule has 0 bridgehead atoms. The molecular formula is C16H18N2. The average Bonchev–Trinajstić information content (AvgIpc) is 2.84. The summed E-state index contributed by atoms with van der Waals surface area (Å²) in [6.45, 7) is 0. The van der Waals surface area contributed by atoms with E-state index in [-0.39, 0.29) is 6.04 Å². The Morgan fingerprint density at radius 1 is 0.889 bits per heavy atom. The first-order valence-corrected chi connectivity index (χ1v) is 6.46. The second kappa shape index (κ2) is 4.92. The van der Waals surface area contributed by atoms with Gasteiger partial charge in [0.05, 0.1) is 0 Å². The summed E-state index contributed by atoms with van der Waals surface area (Å²) in [6.07, 6.45) is 2.22. The Morgan fingerprint density at radius 3 is 2.00 bits per heavy atom. The van der Waals surface area contributed by atoms with Crippen molar-refractivity contribution in [1.82, 2.24) is 5.43 Å². The van der Waals surface area contributed by atoms with E-state index in [1.54, 1.807) is 0 Å². The topological polar surface area (TPSA) is 38.0 Å². The molecule has 0 saturated heterocycles. The third-order valence-corrected chi connectivity index (χ3v) is 3.89. The maximum atomic E-state index is 5.77. The lowest BCUT2D eigenvalue weighted by molar-refractivity contribution is 0.379. The van der Waals surface area contributed by atoms with E-state index in [4.69, 9.17) is 5.84 Å². The number of hydrogen-bond acceptors (Lipinski definition) is 2. The third-order valence-electron chi connectivity index (χ3n) is 3.89. The highest BCUT2D eigenvalue weighted by Gasteiger charge is 2.28. The summed E-state index contributed by atoms with van der Waals surface area (Å²) in [5, 5.41) is 0. The molecule has 1 atom stereocenters. The molecule has 0 fully saturated rings. The molecule has 0 aliphatic heterocycles. The van der Waals surface area contributed by atoms with Crippen LogP contribution in [0.15, 0.2) is 54.6 Å². The lowest BCUT2D eigenvalue weighted by Crippen LogP contribution is -2.34. The minimum atomic E-state index is 0.235. The van der Waals surface area contributed by atoms with Crippen molar-refractivity contribution < 1.29 is 0 Å². The summed E-state index contributed by atoms with van der Waals surface area (Å²) in [5.74, 6) is 6.32. The minimum Gasteiger partial charge on any atom is -0.271 e. The smallest absolute Gasteiger partial charge is 0.0494 e. The molecule has 18 heavy (non-hydrogen) atoms. The Bertz CT molecular complexity index is 497. The first-order chi connectivity index (χ1) is 8.88. The van der Waals surface area contributed by atoms with Gasteiger partial charge in [0.2, 0.25) is 0 Å². The van der Waals surface area contributed by atoms with Gasteiger partial charge in [-0.05, 0) is 35.4 Å². The maximum Gasteiger partial charge on any atom is 0.0494 e. The Labute approximate surface area is 108 Å². The lowest BCUT2D eigenvalue weighted by Gasteiger charge is -2.23. The van der Waals surface area contributed by atoms with Crippen LogP contribution in [0.25, 0.3) is 0 Å². The molecule has 3 N–H and O–H groups in total. The van der Waals surface area contributed by atoms with Crippen LogP contribution in [0.3, 0.4) is 0 Å². The summed E-state index contributed by atoms with van der Waals surface area (Å²) >= 11 is 0. The first-order valence-electron chi connectivity index (χ1n) is 6.46. The molecule has 0 spiro atoms. The molecule has 0 heterocycles. The molecule has 0 aromatic heterocycles. The monoisotopic (exact) mass is 238 g/mol. The lowest BCUT2D eigenvalue weighted by atomic mass is 9.91. The zero-order valence-electron chi connectivity index (χ0n) is 10.3. The van der Waals surface area contributed by atoms with Crippen LogP contribution in [0.5, 0.6) is 0 Å². The van der Waals surface area contributed by atoms with E-state index in [2.05, 4.69) is 54.0 Å². The molecule has 1 aliphatic rings. The molecule has 3 rings (SSSR count). The van der Waals surface area contributed by atoms with Crippen molar-refractivity contribution in [1.29, 1.82) is 0 Å². The van der Waals surface area contributed by atoms with Crippen molar-refractivity contribution in [3.8, 4) is 0 Å². The third kappa shape index (κ3) is 2.05.